The Morgan fingerprint density at radius 1 is 0.900 bits per heavy atom. The Morgan fingerprint density at radius 3 is 2.17 bits per heavy atom. The molecule has 1 amide bonds. The third-order valence-corrected chi connectivity index (χ3v) is 6.59. The van der Waals surface area contributed by atoms with Gasteiger partial charge in [-0.1, -0.05) is 66.2 Å². The molecular weight excluding hydrogens is 396 g/mol. The molecule has 0 aliphatic carbocycles. The van der Waals surface area contributed by atoms with Crippen molar-refractivity contribution in [2.75, 3.05) is 17.4 Å². The smallest absolute Gasteiger partial charge is 0.264 e. The number of anilines is 1. The molecule has 0 radical (unpaired) electrons. The van der Waals surface area contributed by atoms with E-state index in [4.69, 9.17) is 0 Å². The fourth-order valence-electron chi connectivity index (χ4n) is 3.28. The van der Waals surface area contributed by atoms with Crippen molar-refractivity contribution in [3.05, 3.63) is 95.6 Å². The first-order valence-electron chi connectivity index (χ1n) is 9.83. The molecule has 3 aromatic rings. The van der Waals surface area contributed by atoms with Gasteiger partial charge in [0.25, 0.3) is 10.0 Å². The van der Waals surface area contributed by atoms with Crippen molar-refractivity contribution in [2.24, 2.45) is 0 Å². The van der Waals surface area contributed by atoms with Crippen LogP contribution in [0, 0.1) is 13.8 Å². The van der Waals surface area contributed by atoms with Crippen LogP contribution in [0.3, 0.4) is 0 Å². The zero-order valence-corrected chi connectivity index (χ0v) is 18.0. The summed E-state index contributed by atoms with van der Waals surface area (Å²) in [4.78, 5) is 12.8. The van der Waals surface area contributed by atoms with E-state index in [1.165, 1.54) is 4.31 Å². The highest BCUT2D eigenvalue weighted by atomic mass is 32.2. The molecule has 30 heavy (non-hydrogen) atoms. The van der Waals surface area contributed by atoms with Crippen molar-refractivity contribution in [3.8, 4) is 0 Å². The third-order valence-electron chi connectivity index (χ3n) is 4.82. The fourth-order valence-corrected chi connectivity index (χ4v) is 4.79. The average Bonchev–Trinajstić information content (AvgIpc) is 2.74. The lowest BCUT2D eigenvalue weighted by Gasteiger charge is -2.26. The summed E-state index contributed by atoms with van der Waals surface area (Å²) in [5.41, 5.74) is 3.44. The number of carbonyl (C=O) groups excluding carboxylic acids is 1. The van der Waals surface area contributed by atoms with Crippen molar-refractivity contribution < 1.29 is 13.2 Å². The predicted octanol–water partition coefficient (Wildman–Crippen LogP) is 3.86. The van der Waals surface area contributed by atoms with E-state index in [0.29, 0.717) is 18.7 Å². The summed E-state index contributed by atoms with van der Waals surface area (Å²) in [7, 11) is -3.89. The summed E-state index contributed by atoms with van der Waals surface area (Å²) in [5.74, 6) is -0.342. The SMILES string of the molecule is Cc1ccc(N(CC(=O)NCCc2ccccc2)S(=O)(=O)c2ccccc2)c(C)c1. The molecule has 0 fully saturated rings. The van der Waals surface area contributed by atoms with Crippen LogP contribution in [0.1, 0.15) is 16.7 Å². The highest BCUT2D eigenvalue weighted by Crippen LogP contribution is 2.27. The standard InChI is InChI=1S/C24H26N2O3S/c1-19-13-14-23(20(2)17-19)26(30(28,29)22-11-7-4-8-12-22)18-24(27)25-16-15-21-9-5-3-6-10-21/h3-14,17H,15-16,18H2,1-2H3,(H,25,27). The first-order chi connectivity index (χ1) is 14.4. The quantitative estimate of drug-likeness (QED) is 0.599. The van der Waals surface area contributed by atoms with Gasteiger partial charge in [0.2, 0.25) is 5.91 Å². The van der Waals surface area contributed by atoms with Crippen molar-refractivity contribution in [3.63, 3.8) is 0 Å². The van der Waals surface area contributed by atoms with Crippen LogP contribution in [0.4, 0.5) is 5.69 Å². The number of hydrogen-bond donors (Lipinski definition) is 1. The summed E-state index contributed by atoms with van der Waals surface area (Å²) in [5, 5.41) is 2.84. The molecular formula is C24H26N2O3S. The van der Waals surface area contributed by atoms with Crippen LogP contribution in [0.2, 0.25) is 0 Å². The number of hydrogen-bond acceptors (Lipinski definition) is 3. The molecule has 0 atom stereocenters. The Kier molecular flexibility index (Phi) is 6.90. The predicted molar refractivity (Wildman–Crippen MR) is 120 cm³/mol. The Labute approximate surface area is 178 Å². The van der Waals surface area contributed by atoms with Gasteiger partial charge in [-0.2, -0.15) is 0 Å². The molecule has 0 saturated heterocycles. The molecule has 5 nitrogen and oxygen atoms in total. The monoisotopic (exact) mass is 422 g/mol. The maximum Gasteiger partial charge on any atom is 0.264 e. The molecule has 156 valence electrons. The van der Waals surface area contributed by atoms with Crippen molar-refractivity contribution in [1.82, 2.24) is 5.32 Å². The Bertz CT molecular complexity index is 1100. The molecule has 0 bridgehead atoms. The first-order valence-corrected chi connectivity index (χ1v) is 11.3. The zero-order valence-electron chi connectivity index (χ0n) is 17.2. The van der Waals surface area contributed by atoms with E-state index < -0.39 is 10.0 Å². The fraction of sp³-hybridized carbons (Fsp3) is 0.208. The number of nitrogens with zero attached hydrogens (tertiary/aromatic N) is 1. The van der Waals surface area contributed by atoms with Crippen molar-refractivity contribution in [1.29, 1.82) is 0 Å². The topological polar surface area (TPSA) is 66.5 Å². The highest BCUT2D eigenvalue weighted by molar-refractivity contribution is 7.92. The summed E-state index contributed by atoms with van der Waals surface area (Å²) < 4.78 is 27.9. The summed E-state index contributed by atoms with van der Waals surface area (Å²) in [6.45, 7) is 3.96. The average molecular weight is 423 g/mol. The number of sulfonamides is 1. The molecule has 0 saturated carbocycles. The van der Waals surface area contributed by atoms with Crippen molar-refractivity contribution in [2.45, 2.75) is 25.2 Å². The molecule has 3 rings (SSSR count). The van der Waals surface area contributed by atoms with Gasteiger partial charge < -0.3 is 5.32 Å². The number of benzene rings is 3. The van der Waals surface area contributed by atoms with E-state index in [0.717, 1.165) is 16.7 Å². The Morgan fingerprint density at radius 2 is 1.53 bits per heavy atom. The molecule has 1 N–H and O–H groups in total. The van der Waals surface area contributed by atoms with E-state index >= 15 is 0 Å². The van der Waals surface area contributed by atoms with Gasteiger partial charge in [-0.05, 0) is 49.6 Å². The number of rotatable bonds is 8. The summed E-state index contributed by atoms with van der Waals surface area (Å²) in [6.07, 6.45) is 0.682. The largest absolute Gasteiger partial charge is 0.354 e. The Balaban J connectivity index is 1.82. The number of aryl methyl sites for hydroxylation is 2. The normalized spacial score (nSPS) is 11.1. The molecule has 6 heteroatoms. The van der Waals surface area contributed by atoms with Crippen LogP contribution in [0.5, 0.6) is 0 Å². The lowest BCUT2D eigenvalue weighted by molar-refractivity contribution is -0.119. The van der Waals surface area contributed by atoms with Gasteiger partial charge in [0.15, 0.2) is 0 Å². The summed E-state index contributed by atoms with van der Waals surface area (Å²) in [6, 6.07) is 23.5. The highest BCUT2D eigenvalue weighted by Gasteiger charge is 2.28. The number of carbonyl (C=O) groups is 1. The van der Waals surface area contributed by atoms with E-state index in [-0.39, 0.29) is 17.3 Å². The van der Waals surface area contributed by atoms with Crippen molar-refractivity contribution >= 4 is 21.6 Å². The van der Waals surface area contributed by atoms with E-state index in [2.05, 4.69) is 5.32 Å². The van der Waals surface area contributed by atoms with Gasteiger partial charge in [0.05, 0.1) is 10.6 Å². The zero-order chi connectivity index (χ0) is 21.6. The van der Waals surface area contributed by atoms with Gasteiger partial charge in [-0.3, -0.25) is 9.10 Å². The minimum atomic E-state index is -3.89. The van der Waals surface area contributed by atoms with Crippen LogP contribution in [-0.2, 0) is 21.2 Å². The molecule has 0 aliphatic heterocycles. The van der Waals surface area contributed by atoms with Crippen LogP contribution in [-0.4, -0.2) is 27.4 Å². The number of amides is 1. The second kappa shape index (κ2) is 9.59. The second-order valence-corrected chi connectivity index (χ2v) is 9.06. The first kappa shape index (κ1) is 21.6. The lowest BCUT2D eigenvalue weighted by Crippen LogP contribution is -2.41. The maximum atomic E-state index is 13.3. The Hall–Kier alpha value is -3.12. The number of nitrogens with one attached hydrogen (secondary N) is 1. The second-order valence-electron chi connectivity index (χ2n) is 7.20. The van der Waals surface area contributed by atoms with Crippen LogP contribution in [0.25, 0.3) is 0 Å². The van der Waals surface area contributed by atoms with E-state index in [1.807, 2.05) is 56.3 Å². The van der Waals surface area contributed by atoms with E-state index in [9.17, 15) is 13.2 Å². The molecule has 3 aromatic carbocycles. The molecule has 0 heterocycles. The third kappa shape index (κ3) is 5.27. The minimum absolute atomic E-state index is 0.155. The van der Waals surface area contributed by atoms with Gasteiger partial charge in [0, 0.05) is 6.54 Å². The minimum Gasteiger partial charge on any atom is -0.354 e. The molecule has 0 unspecified atom stereocenters. The summed E-state index contributed by atoms with van der Waals surface area (Å²) >= 11 is 0. The lowest BCUT2D eigenvalue weighted by atomic mass is 10.1. The molecule has 0 aliphatic rings. The van der Waals surface area contributed by atoms with Crippen LogP contribution < -0.4 is 9.62 Å². The maximum absolute atomic E-state index is 13.3. The van der Waals surface area contributed by atoms with Crippen LogP contribution >= 0.6 is 0 Å². The van der Waals surface area contributed by atoms with Gasteiger partial charge in [-0.25, -0.2) is 8.42 Å². The van der Waals surface area contributed by atoms with Gasteiger partial charge >= 0.3 is 0 Å². The molecule has 0 spiro atoms. The van der Waals surface area contributed by atoms with Gasteiger partial charge in [-0.15, -0.1) is 0 Å². The van der Waals surface area contributed by atoms with Gasteiger partial charge in [0.1, 0.15) is 6.54 Å². The van der Waals surface area contributed by atoms with E-state index in [1.54, 1.807) is 36.4 Å². The van der Waals surface area contributed by atoms with Crippen LogP contribution in [0.15, 0.2) is 83.8 Å². The molecule has 0 aromatic heterocycles.